The van der Waals surface area contributed by atoms with Crippen LogP contribution in [0.15, 0.2) is 36.7 Å². The Balaban J connectivity index is 1.69. The van der Waals surface area contributed by atoms with Crippen LogP contribution >= 0.6 is 22.9 Å². The van der Waals surface area contributed by atoms with Gasteiger partial charge in [-0.1, -0.05) is 23.7 Å². The SMILES string of the molecule is CNc1nccc(-c2ncc(C(=O)NC(CN)Cc3ccc(Cl)c(C)c3)s2)n1. The van der Waals surface area contributed by atoms with Crippen LogP contribution in [0, 0.1) is 6.92 Å². The number of rotatable bonds is 7. The van der Waals surface area contributed by atoms with Gasteiger partial charge in [-0.15, -0.1) is 11.3 Å². The molecule has 0 aliphatic carbocycles. The molecule has 0 fully saturated rings. The smallest absolute Gasteiger partial charge is 0.263 e. The number of carbonyl (C=O) groups excluding carboxylic acids is 1. The van der Waals surface area contributed by atoms with Crippen LogP contribution in [0.25, 0.3) is 10.7 Å². The highest BCUT2D eigenvalue weighted by molar-refractivity contribution is 7.16. The third-order valence-electron chi connectivity index (χ3n) is 4.15. The predicted molar refractivity (Wildman–Crippen MR) is 113 cm³/mol. The third kappa shape index (κ3) is 4.83. The van der Waals surface area contributed by atoms with Crippen molar-refractivity contribution in [2.24, 2.45) is 5.73 Å². The van der Waals surface area contributed by atoms with Crippen molar-refractivity contribution in [3.63, 3.8) is 0 Å². The molecule has 2 heterocycles. The molecular weight excluding hydrogens is 396 g/mol. The van der Waals surface area contributed by atoms with Crippen LogP contribution in [-0.4, -0.2) is 40.5 Å². The van der Waals surface area contributed by atoms with Crippen LogP contribution in [0.1, 0.15) is 20.8 Å². The summed E-state index contributed by atoms with van der Waals surface area (Å²) < 4.78 is 0. The monoisotopic (exact) mass is 416 g/mol. The molecule has 0 aliphatic heterocycles. The minimum Gasteiger partial charge on any atom is -0.357 e. The fourth-order valence-electron chi connectivity index (χ4n) is 2.66. The molecular formula is C19H21ClN6OS. The fourth-order valence-corrected chi connectivity index (χ4v) is 3.57. The maximum absolute atomic E-state index is 12.6. The van der Waals surface area contributed by atoms with E-state index in [1.165, 1.54) is 11.3 Å². The zero-order chi connectivity index (χ0) is 20.1. The van der Waals surface area contributed by atoms with Gasteiger partial charge >= 0.3 is 0 Å². The summed E-state index contributed by atoms with van der Waals surface area (Å²) in [5.41, 5.74) is 8.60. The van der Waals surface area contributed by atoms with E-state index < -0.39 is 0 Å². The highest BCUT2D eigenvalue weighted by Crippen LogP contribution is 2.24. The summed E-state index contributed by atoms with van der Waals surface area (Å²) in [5, 5.41) is 7.24. The highest BCUT2D eigenvalue weighted by Gasteiger charge is 2.17. The predicted octanol–water partition coefficient (Wildman–Crippen LogP) is 2.90. The van der Waals surface area contributed by atoms with Crippen molar-refractivity contribution >= 4 is 34.8 Å². The van der Waals surface area contributed by atoms with Gasteiger partial charge < -0.3 is 16.4 Å². The van der Waals surface area contributed by atoms with E-state index in [0.717, 1.165) is 16.1 Å². The highest BCUT2D eigenvalue weighted by atomic mass is 35.5. The van der Waals surface area contributed by atoms with E-state index in [4.69, 9.17) is 17.3 Å². The average molecular weight is 417 g/mol. The molecule has 0 saturated carbocycles. The molecule has 4 N–H and O–H groups in total. The maximum atomic E-state index is 12.6. The largest absolute Gasteiger partial charge is 0.357 e. The number of nitrogens with zero attached hydrogens (tertiary/aromatic N) is 3. The molecule has 0 radical (unpaired) electrons. The van der Waals surface area contributed by atoms with Gasteiger partial charge in [-0.25, -0.2) is 15.0 Å². The van der Waals surface area contributed by atoms with E-state index in [9.17, 15) is 4.79 Å². The molecule has 28 heavy (non-hydrogen) atoms. The minimum atomic E-state index is -0.201. The average Bonchev–Trinajstić information content (AvgIpc) is 3.20. The molecule has 1 amide bonds. The lowest BCUT2D eigenvalue weighted by Crippen LogP contribution is -2.41. The molecule has 3 rings (SSSR count). The van der Waals surface area contributed by atoms with Gasteiger partial charge in [0.05, 0.1) is 6.20 Å². The second-order valence-corrected chi connectivity index (χ2v) is 7.68. The number of nitrogens with one attached hydrogen (secondary N) is 2. The van der Waals surface area contributed by atoms with Gasteiger partial charge in [0.15, 0.2) is 0 Å². The Bertz CT molecular complexity index is 977. The summed E-state index contributed by atoms with van der Waals surface area (Å²) in [4.78, 5) is 25.9. The zero-order valence-electron chi connectivity index (χ0n) is 15.6. The fraction of sp³-hybridized carbons (Fsp3) is 0.263. The van der Waals surface area contributed by atoms with E-state index in [1.807, 2.05) is 25.1 Å². The zero-order valence-corrected chi connectivity index (χ0v) is 17.1. The molecule has 0 aliphatic rings. The Kier molecular flexibility index (Phi) is 6.56. The van der Waals surface area contributed by atoms with Crippen LogP contribution in [0.4, 0.5) is 5.95 Å². The molecule has 0 spiro atoms. The first-order valence-corrected chi connectivity index (χ1v) is 9.92. The Morgan fingerprint density at radius 3 is 2.86 bits per heavy atom. The van der Waals surface area contributed by atoms with E-state index in [-0.39, 0.29) is 11.9 Å². The van der Waals surface area contributed by atoms with Crippen LogP contribution < -0.4 is 16.4 Å². The number of anilines is 1. The molecule has 146 valence electrons. The molecule has 0 saturated heterocycles. The van der Waals surface area contributed by atoms with Crippen LogP contribution in [0.3, 0.4) is 0 Å². The van der Waals surface area contributed by atoms with Crippen molar-refractivity contribution in [3.05, 3.63) is 57.7 Å². The first-order valence-electron chi connectivity index (χ1n) is 8.73. The van der Waals surface area contributed by atoms with Gasteiger partial charge in [0.1, 0.15) is 15.6 Å². The van der Waals surface area contributed by atoms with Crippen LogP contribution in [0.5, 0.6) is 0 Å². The summed E-state index contributed by atoms with van der Waals surface area (Å²) >= 11 is 7.35. The Labute approximate surface area is 172 Å². The number of hydrogen-bond donors (Lipinski definition) is 3. The summed E-state index contributed by atoms with van der Waals surface area (Å²) in [7, 11) is 1.75. The van der Waals surface area contributed by atoms with E-state index in [1.54, 1.807) is 25.5 Å². The number of aromatic nitrogens is 3. The van der Waals surface area contributed by atoms with Gasteiger partial charge in [0.25, 0.3) is 5.91 Å². The van der Waals surface area contributed by atoms with Crippen molar-refractivity contribution in [3.8, 4) is 10.7 Å². The summed E-state index contributed by atoms with van der Waals surface area (Å²) in [6.45, 7) is 2.28. The topological polar surface area (TPSA) is 106 Å². The quantitative estimate of drug-likeness (QED) is 0.546. The van der Waals surface area contributed by atoms with Crippen molar-refractivity contribution in [1.82, 2.24) is 20.3 Å². The van der Waals surface area contributed by atoms with Crippen LogP contribution in [-0.2, 0) is 6.42 Å². The Morgan fingerprint density at radius 2 is 2.14 bits per heavy atom. The molecule has 3 aromatic rings. The van der Waals surface area contributed by atoms with Gasteiger partial charge in [0, 0.05) is 30.9 Å². The minimum absolute atomic E-state index is 0.187. The number of carbonyl (C=O) groups is 1. The maximum Gasteiger partial charge on any atom is 0.263 e. The first kappa shape index (κ1) is 20.2. The second-order valence-electron chi connectivity index (χ2n) is 6.24. The molecule has 1 unspecified atom stereocenters. The molecule has 2 aromatic heterocycles. The van der Waals surface area contributed by atoms with Crippen molar-refractivity contribution in [1.29, 1.82) is 0 Å². The Morgan fingerprint density at radius 1 is 1.32 bits per heavy atom. The van der Waals surface area contributed by atoms with Crippen molar-refractivity contribution in [2.45, 2.75) is 19.4 Å². The second kappa shape index (κ2) is 9.09. The standard InChI is InChI=1S/C19H21ClN6OS/c1-11-7-12(3-4-14(11)20)8-13(9-21)25-17(27)16-10-24-18(28-16)15-5-6-23-19(22-2)26-15/h3-7,10,13H,8-9,21H2,1-2H3,(H,25,27)(H,22,23,26). The number of halogens is 1. The number of nitrogens with two attached hydrogens (primary N) is 1. The number of amides is 1. The summed E-state index contributed by atoms with van der Waals surface area (Å²) in [5.74, 6) is 0.299. The summed E-state index contributed by atoms with van der Waals surface area (Å²) in [6.07, 6.45) is 3.83. The molecule has 0 bridgehead atoms. The number of thiazole rings is 1. The Hall–Kier alpha value is -2.55. The molecule has 7 nitrogen and oxygen atoms in total. The van der Waals surface area contributed by atoms with Crippen LogP contribution in [0.2, 0.25) is 5.02 Å². The van der Waals surface area contributed by atoms with Crippen molar-refractivity contribution < 1.29 is 4.79 Å². The van der Waals surface area contributed by atoms with Gasteiger partial charge in [-0.3, -0.25) is 4.79 Å². The summed E-state index contributed by atoms with van der Waals surface area (Å²) in [6, 6.07) is 7.39. The third-order valence-corrected chi connectivity index (χ3v) is 5.59. The molecule has 9 heteroatoms. The van der Waals surface area contributed by atoms with E-state index in [2.05, 4.69) is 25.6 Å². The lowest BCUT2D eigenvalue weighted by molar-refractivity contribution is 0.0942. The van der Waals surface area contributed by atoms with Crippen molar-refractivity contribution in [2.75, 3.05) is 18.9 Å². The van der Waals surface area contributed by atoms with E-state index in [0.29, 0.717) is 34.5 Å². The number of aryl methyl sites for hydroxylation is 1. The van der Waals surface area contributed by atoms with Gasteiger partial charge in [-0.05, 0) is 36.6 Å². The number of benzene rings is 1. The molecule has 1 atom stereocenters. The van der Waals surface area contributed by atoms with E-state index >= 15 is 0 Å². The first-order chi connectivity index (χ1) is 13.5. The lowest BCUT2D eigenvalue weighted by Gasteiger charge is -2.17. The van der Waals surface area contributed by atoms with Gasteiger partial charge in [0.2, 0.25) is 5.95 Å². The molecule has 1 aromatic carbocycles. The van der Waals surface area contributed by atoms with Gasteiger partial charge in [-0.2, -0.15) is 0 Å². The normalized spacial score (nSPS) is 11.9. The lowest BCUT2D eigenvalue weighted by atomic mass is 10.0. The number of hydrogen-bond acceptors (Lipinski definition) is 7.